The summed E-state index contributed by atoms with van der Waals surface area (Å²) in [5, 5.41) is 19.2. The molecule has 2 aromatic rings. The lowest BCUT2D eigenvalue weighted by Crippen LogP contribution is -2.05. The maximum atomic E-state index is 9.90. The number of rotatable bonds is 2. The number of aromatic nitrogens is 3. The molecule has 0 aromatic carbocycles. The van der Waals surface area contributed by atoms with E-state index in [1.165, 1.54) is 11.3 Å². The molecule has 14 heavy (non-hydrogen) atoms. The highest BCUT2D eigenvalue weighted by molar-refractivity contribution is 7.14. The van der Waals surface area contributed by atoms with E-state index in [9.17, 15) is 5.11 Å². The van der Waals surface area contributed by atoms with Gasteiger partial charge in [0.05, 0.1) is 4.34 Å². The van der Waals surface area contributed by atoms with Gasteiger partial charge in [0.25, 0.3) is 0 Å². The van der Waals surface area contributed by atoms with Crippen LogP contribution in [-0.2, 0) is 7.05 Å². The Balaban J connectivity index is 2.33. The van der Waals surface area contributed by atoms with E-state index in [1.54, 1.807) is 24.0 Å². The van der Waals surface area contributed by atoms with Crippen LogP contribution in [0.2, 0.25) is 4.34 Å². The molecule has 0 radical (unpaired) electrons. The molecule has 0 aliphatic carbocycles. The van der Waals surface area contributed by atoms with Crippen molar-refractivity contribution in [2.45, 2.75) is 6.10 Å². The van der Waals surface area contributed by atoms with Crippen LogP contribution in [0.3, 0.4) is 0 Å². The Morgan fingerprint density at radius 3 is 2.93 bits per heavy atom. The fourth-order valence-electron chi connectivity index (χ4n) is 1.16. The highest BCUT2D eigenvalue weighted by Gasteiger charge is 2.16. The SMILES string of the molecule is Cn1cnnc1C(O)c1csc(Cl)c1. The molecule has 2 aromatic heterocycles. The summed E-state index contributed by atoms with van der Waals surface area (Å²) in [6.45, 7) is 0. The number of hydrogen-bond donors (Lipinski definition) is 1. The van der Waals surface area contributed by atoms with Crippen molar-refractivity contribution >= 4 is 22.9 Å². The maximum absolute atomic E-state index is 9.90. The van der Waals surface area contributed by atoms with Crippen LogP contribution in [0.1, 0.15) is 17.5 Å². The molecular weight excluding hydrogens is 222 g/mol. The third-order valence-corrected chi connectivity index (χ3v) is 3.00. The summed E-state index contributed by atoms with van der Waals surface area (Å²) in [6.07, 6.45) is 0.790. The van der Waals surface area contributed by atoms with E-state index in [0.717, 1.165) is 5.56 Å². The van der Waals surface area contributed by atoms with Crippen molar-refractivity contribution in [1.29, 1.82) is 0 Å². The van der Waals surface area contributed by atoms with Crippen LogP contribution < -0.4 is 0 Å². The first-order chi connectivity index (χ1) is 6.68. The summed E-state index contributed by atoms with van der Waals surface area (Å²) < 4.78 is 2.33. The Labute approximate surface area is 89.8 Å². The van der Waals surface area contributed by atoms with Gasteiger partial charge in [-0.05, 0) is 11.4 Å². The number of hydrogen-bond acceptors (Lipinski definition) is 4. The zero-order valence-corrected chi connectivity index (χ0v) is 8.96. The molecule has 1 N–H and O–H groups in total. The number of thiophene rings is 1. The van der Waals surface area contributed by atoms with Gasteiger partial charge in [-0.1, -0.05) is 11.6 Å². The average Bonchev–Trinajstić information content (AvgIpc) is 2.73. The first-order valence-corrected chi connectivity index (χ1v) is 5.20. The van der Waals surface area contributed by atoms with E-state index in [-0.39, 0.29) is 0 Å². The van der Waals surface area contributed by atoms with Crippen LogP contribution in [0.5, 0.6) is 0 Å². The molecule has 0 amide bonds. The predicted octanol–water partition coefficient (Wildman–Crippen LogP) is 1.61. The molecule has 0 spiro atoms. The minimum Gasteiger partial charge on any atom is -0.380 e. The molecule has 0 saturated carbocycles. The van der Waals surface area contributed by atoms with Crippen LogP contribution in [0.15, 0.2) is 17.8 Å². The van der Waals surface area contributed by atoms with Crippen LogP contribution in [-0.4, -0.2) is 19.9 Å². The monoisotopic (exact) mass is 229 g/mol. The molecular formula is C8H8ClN3OS. The molecule has 0 bridgehead atoms. The summed E-state index contributed by atoms with van der Waals surface area (Å²) in [5.74, 6) is 0.513. The number of aliphatic hydroxyl groups excluding tert-OH is 1. The second-order valence-corrected chi connectivity index (χ2v) is 4.43. The number of halogens is 1. The average molecular weight is 230 g/mol. The lowest BCUT2D eigenvalue weighted by atomic mass is 10.2. The zero-order valence-electron chi connectivity index (χ0n) is 7.38. The zero-order chi connectivity index (χ0) is 10.1. The van der Waals surface area contributed by atoms with Gasteiger partial charge in [-0.15, -0.1) is 21.5 Å². The maximum Gasteiger partial charge on any atom is 0.166 e. The highest BCUT2D eigenvalue weighted by atomic mass is 35.5. The molecule has 4 nitrogen and oxygen atoms in total. The van der Waals surface area contributed by atoms with Gasteiger partial charge in [-0.2, -0.15) is 0 Å². The van der Waals surface area contributed by atoms with Crippen LogP contribution in [0.25, 0.3) is 0 Å². The Hall–Kier alpha value is -0.910. The molecule has 0 aliphatic heterocycles. The summed E-state index contributed by atoms with van der Waals surface area (Å²) in [6, 6.07) is 1.73. The summed E-state index contributed by atoms with van der Waals surface area (Å²) >= 11 is 7.15. The lowest BCUT2D eigenvalue weighted by Gasteiger charge is -2.06. The molecule has 1 unspecified atom stereocenters. The van der Waals surface area contributed by atoms with Gasteiger partial charge in [0.1, 0.15) is 12.4 Å². The second-order valence-electron chi connectivity index (χ2n) is 2.89. The van der Waals surface area contributed by atoms with E-state index in [1.807, 2.05) is 5.38 Å². The molecule has 2 rings (SSSR count). The van der Waals surface area contributed by atoms with Crippen LogP contribution >= 0.6 is 22.9 Å². The van der Waals surface area contributed by atoms with Crippen LogP contribution in [0, 0.1) is 0 Å². The van der Waals surface area contributed by atoms with Crippen LogP contribution in [0.4, 0.5) is 0 Å². The normalized spacial score (nSPS) is 13.1. The van der Waals surface area contributed by atoms with Gasteiger partial charge < -0.3 is 9.67 Å². The smallest absolute Gasteiger partial charge is 0.166 e. The van der Waals surface area contributed by atoms with E-state index < -0.39 is 6.10 Å². The van der Waals surface area contributed by atoms with E-state index in [2.05, 4.69) is 10.2 Å². The van der Waals surface area contributed by atoms with Gasteiger partial charge >= 0.3 is 0 Å². The summed E-state index contributed by atoms with van der Waals surface area (Å²) in [4.78, 5) is 0. The third kappa shape index (κ3) is 1.66. The van der Waals surface area contributed by atoms with E-state index in [4.69, 9.17) is 11.6 Å². The van der Waals surface area contributed by atoms with Crippen molar-refractivity contribution in [3.63, 3.8) is 0 Å². The minimum atomic E-state index is -0.758. The van der Waals surface area contributed by atoms with Crippen molar-refractivity contribution in [3.8, 4) is 0 Å². The van der Waals surface area contributed by atoms with Gasteiger partial charge in [0.2, 0.25) is 0 Å². The molecule has 0 saturated heterocycles. The Morgan fingerprint density at radius 2 is 2.43 bits per heavy atom. The fraction of sp³-hybridized carbons (Fsp3) is 0.250. The minimum absolute atomic E-state index is 0.513. The standard InChI is InChI=1S/C8H8ClN3OS/c1-12-4-10-11-8(12)7(13)5-2-6(9)14-3-5/h2-4,7,13H,1H3. The van der Waals surface area contributed by atoms with Crippen molar-refractivity contribution < 1.29 is 5.11 Å². The number of aryl methyl sites for hydroxylation is 1. The molecule has 0 fully saturated rings. The van der Waals surface area contributed by atoms with Gasteiger partial charge in [0, 0.05) is 12.6 Å². The molecule has 1 atom stereocenters. The lowest BCUT2D eigenvalue weighted by molar-refractivity contribution is 0.206. The van der Waals surface area contributed by atoms with Crippen molar-refractivity contribution in [2.75, 3.05) is 0 Å². The van der Waals surface area contributed by atoms with E-state index >= 15 is 0 Å². The largest absolute Gasteiger partial charge is 0.380 e. The number of nitrogens with zero attached hydrogens (tertiary/aromatic N) is 3. The van der Waals surface area contributed by atoms with Crippen molar-refractivity contribution in [1.82, 2.24) is 14.8 Å². The van der Waals surface area contributed by atoms with Gasteiger partial charge in [-0.3, -0.25) is 0 Å². The second kappa shape index (κ2) is 3.68. The van der Waals surface area contributed by atoms with E-state index in [0.29, 0.717) is 10.2 Å². The Bertz CT molecular complexity index is 439. The topological polar surface area (TPSA) is 50.9 Å². The summed E-state index contributed by atoms with van der Waals surface area (Å²) in [5.41, 5.74) is 0.746. The van der Waals surface area contributed by atoms with Crippen molar-refractivity contribution in [2.24, 2.45) is 7.05 Å². The predicted molar refractivity (Wildman–Crippen MR) is 54.4 cm³/mol. The first-order valence-electron chi connectivity index (χ1n) is 3.94. The van der Waals surface area contributed by atoms with Gasteiger partial charge in [-0.25, -0.2) is 0 Å². The van der Waals surface area contributed by atoms with Crippen molar-refractivity contribution in [3.05, 3.63) is 33.5 Å². The Morgan fingerprint density at radius 1 is 1.64 bits per heavy atom. The molecule has 6 heteroatoms. The first kappa shape index (κ1) is 9.64. The quantitative estimate of drug-likeness (QED) is 0.851. The third-order valence-electron chi connectivity index (χ3n) is 1.89. The summed E-state index contributed by atoms with van der Waals surface area (Å²) in [7, 11) is 1.78. The number of aliphatic hydroxyl groups is 1. The molecule has 2 heterocycles. The highest BCUT2D eigenvalue weighted by Crippen LogP contribution is 2.27. The Kier molecular flexibility index (Phi) is 2.54. The molecule has 74 valence electrons. The van der Waals surface area contributed by atoms with Gasteiger partial charge in [0.15, 0.2) is 5.82 Å². The fourth-order valence-corrected chi connectivity index (χ4v) is 2.06. The molecule has 0 aliphatic rings.